The maximum absolute atomic E-state index is 9.92. The highest BCUT2D eigenvalue weighted by atomic mass is 35.5. The Morgan fingerprint density at radius 1 is 1.36 bits per heavy atom. The van der Waals surface area contributed by atoms with Gasteiger partial charge in [0.1, 0.15) is 6.07 Å². The number of halogens is 1. The highest BCUT2D eigenvalue weighted by molar-refractivity contribution is 7.16. The zero-order valence-corrected chi connectivity index (χ0v) is 15.2. The van der Waals surface area contributed by atoms with Gasteiger partial charge in [0.05, 0.1) is 27.7 Å². The number of nitriles is 3. The van der Waals surface area contributed by atoms with Crippen LogP contribution in [0.3, 0.4) is 0 Å². The van der Waals surface area contributed by atoms with Crippen molar-refractivity contribution in [3.05, 3.63) is 44.3 Å². The minimum absolute atomic E-state index is 0.0574. The van der Waals surface area contributed by atoms with Crippen molar-refractivity contribution in [3.8, 4) is 18.2 Å². The summed E-state index contributed by atoms with van der Waals surface area (Å²) in [7, 11) is 0. The van der Waals surface area contributed by atoms with Crippen molar-refractivity contribution >= 4 is 22.9 Å². The van der Waals surface area contributed by atoms with E-state index in [1.54, 1.807) is 6.07 Å². The smallest absolute Gasteiger partial charge is 0.192 e. The minimum Gasteiger partial charge on any atom is -0.399 e. The molecule has 1 aliphatic heterocycles. The van der Waals surface area contributed by atoms with Gasteiger partial charge in [0.25, 0.3) is 0 Å². The molecule has 0 bridgehead atoms. The topological polar surface area (TPSA) is 101 Å². The molecule has 1 aromatic rings. The number of fused-ring (bicyclic) bond motifs is 1. The van der Waals surface area contributed by atoms with E-state index in [2.05, 4.69) is 30.0 Å². The Balaban J connectivity index is 2.30. The molecule has 2 atom stereocenters. The van der Waals surface area contributed by atoms with Crippen LogP contribution in [0.25, 0.3) is 0 Å². The maximum Gasteiger partial charge on any atom is 0.192 e. The molecular formula is C18H16ClN5S. The van der Waals surface area contributed by atoms with Gasteiger partial charge >= 0.3 is 0 Å². The van der Waals surface area contributed by atoms with Gasteiger partial charge in [-0.3, -0.25) is 4.90 Å². The lowest BCUT2D eigenvalue weighted by Gasteiger charge is -2.44. The Bertz CT molecular complexity index is 878. The molecule has 126 valence electrons. The number of hydrogen-bond donors (Lipinski definition) is 1. The molecule has 0 spiro atoms. The summed E-state index contributed by atoms with van der Waals surface area (Å²) in [5, 5.41) is 29.5. The largest absolute Gasteiger partial charge is 0.399 e. The Morgan fingerprint density at radius 3 is 2.60 bits per heavy atom. The number of thiophene rings is 1. The summed E-state index contributed by atoms with van der Waals surface area (Å²) in [6.07, 6.45) is 2.00. The second kappa shape index (κ2) is 6.54. The quantitative estimate of drug-likeness (QED) is 0.862. The molecule has 1 aromatic heterocycles. The van der Waals surface area contributed by atoms with E-state index in [0.717, 1.165) is 23.5 Å². The first-order valence-electron chi connectivity index (χ1n) is 7.93. The van der Waals surface area contributed by atoms with E-state index < -0.39 is 11.3 Å². The van der Waals surface area contributed by atoms with Crippen molar-refractivity contribution < 1.29 is 0 Å². The lowest BCUT2D eigenvalue weighted by Crippen LogP contribution is -2.47. The third kappa shape index (κ3) is 2.53. The Hall–Kier alpha value is -2.30. The van der Waals surface area contributed by atoms with Crippen LogP contribution in [0.15, 0.2) is 35.1 Å². The summed E-state index contributed by atoms with van der Waals surface area (Å²) >= 11 is 7.47. The zero-order chi connectivity index (χ0) is 18.2. The molecule has 1 aliphatic carbocycles. The number of nitrogens with zero attached hydrogens (tertiary/aromatic N) is 4. The summed E-state index contributed by atoms with van der Waals surface area (Å²) in [6.45, 7) is 4.32. The standard InChI is InChI=1S/C18H16ClN5S/c1-2-24-6-5-11-12(7-20)17(23)18(9-21,10-22)16(13(11)8-24)14-3-4-15(19)25-14/h3-5,13,16H,2,6,8,23H2,1H3. The average molecular weight is 370 g/mol. The number of allylic oxidation sites excluding steroid dienone is 2. The molecule has 0 fully saturated rings. The molecule has 0 saturated carbocycles. The summed E-state index contributed by atoms with van der Waals surface area (Å²) in [5.74, 6) is -0.595. The second-order valence-electron chi connectivity index (χ2n) is 6.17. The van der Waals surface area contributed by atoms with Gasteiger partial charge < -0.3 is 5.73 Å². The Morgan fingerprint density at radius 2 is 2.08 bits per heavy atom. The molecule has 0 radical (unpaired) electrons. The monoisotopic (exact) mass is 369 g/mol. The van der Waals surface area contributed by atoms with E-state index in [-0.39, 0.29) is 17.2 Å². The van der Waals surface area contributed by atoms with Crippen molar-refractivity contribution in [2.24, 2.45) is 17.1 Å². The molecule has 0 aromatic carbocycles. The molecule has 3 rings (SSSR count). The van der Waals surface area contributed by atoms with Crippen LogP contribution < -0.4 is 5.73 Å². The van der Waals surface area contributed by atoms with Gasteiger partial charge in [-0.2, -0.15) is 15.8 Å². The van der Waals surface area contributed by atoms with Crippen LogP contribution in [0.5, 0.6) is 0 Å². The molecular weight excluding hydrogens is 354 g/mol. The van der Waals surface area contributed by atoms with Crippen LogP contribution in [0.4, 0.5) is 0 Å². The summed E-state index contributed by atoms with van der Waals surface area (Å²) in [6, 6.07) is 10.0. The zero-order valence-electron chi connectivity index (χ0n) is 13.7. The third-order valence-corrected chi connectivity index (χ3v) is 6.40. The van der Waals surface area contributed by atoms with Crippen LogP contribution >= 0.6 is 22.9 Å². The van der Waals surface area contributed by atoms with E-state index in [0.29, 0.717) is 10.9 Å². The predicted molar refractivity (Wildman–Crippen MR) is 96.2 cm³/mol. The van der Waals surface area contributed by atoms with Crippen molar-refractivity contribution in [2.45, 2.75) is 12.8 Å². The number of likely N-dealkylation sites (N-methyl/N-ethyl adjacent to an activating group) is 1. The Labute approximate surface area is 155 Å². The van der Waals surface area contributed by atoms with Crippen LogP contribution in [0, 0.1) is 45.3 Å². The molecule has 2 unspecified atom stereocenters. The SMILES string of the molecule is CCN1CC=C2C(C#N)=C(N)C(C#N)(C#N)C(c3ccc(Cl)s3)C2C1. The van der Waals surface area contributed by atoms with Crippen LogP contribution in [-0.2, 0) is 0 Å². The van der Waals surface area contributed by atoms with E-state index >= 15 is 0 Å². The maximum atomic E-state index is 9.92. The molecule has 0 amide bonds. The molecule has 5 nitrogen and oxygen atoms in total. The van der Waals surface area contributed by atoms with Crippen LogP contribution in [0.2, 0.25) is 4.34 Å². The third-order valence-electron chi connectivity index (χ3n) is 5.09. The lowest BCUT2D eigenvalue weighted by molar-refractivity contribution is 0.216. The molecule has 0 saturated heterocycles. The fourth-order valence-electron chi connectivity index (χ4n) is 3.80. The Kier molecular flexibility index (Phi) is 4.58. The highest BCUT2D eigenvalue weighted by Gasteiger charge is 2.54. The second-order valence-corrected chi connectivity index (χ2v) is 7.92. The highest BCUT2D eigenvalue weighted by Crippen LogP contribution is 2.55. The van der Waals surface area contributed by atoms with Gasteiger partial charge in [-0.25, -0.2) is 0 Å². The number of rotatable bonds is 2. The van der Waals surface area contributed by atoms with Gasteiger partial charge in [0.15, 0.2) is 5.41 Å². The molecule has 2 heterocycles. The van der Waals surface area contributed by atoms with E-state index in [4.69, 9.17) is 17.3 Å². The summed E-state index contributed by atoms with van der Waals surface area (Å²) < 4.78 is 0.599. The predicted octanol–water partition coefficient (Wildman–Crippen LogP) is 3.15. The minimum atomic E-state index is -1.57. The molecule has 7 heteroatoms. The van der Waals surface area contributed by atoms with E-state index in [1.807, 2.05) is 12.1 Å². The van der Waals surface area contributed by atoms with E-state index in [9.17, 15) is 15.8 Å². The number of hydrogen-bond acceptors (Lipinski definition) is 6. The lowest BCUT2D eigenvalue weighted by atomic mass is 9.59. The summed E-state index contributed by atoms with van der Waals surface area (Å²) in [4.78, 5) is 3.08. The van der Waals surface area contributed by atoms with Crippen molar-refractivity contribution in [1.29, 1.82) is 15.8 Å². The van der Waals surface area contributed by atoms with Crippen molar-refractivity contribution in [3.63, 3.8) is 0 Å². The fourth-order valence-corrected chi connectivity index (χ4v) is 5.09. The molecule has 25 heavy (non-hydrogen) atoms. The van der Waals surface area contributed by atoms with Gasteiger partial charge in [-0.05, 0) is 24.3 Å². The first-order chi connectivity index (χ1) is 12.0. The fraction of sp³-hybridized carbons (Fsp3) is 0.389. The van der Waals surface area contributed by atoms with Crippen molar-refractivity contribution in [1.82, 2.24) is 4.90 Å². The molecule has 2 aliphatic rings. The van der Waals surface area contributed by atoms with Gasteiger partial charge in [-0.1, -0.05) is 24.6 Å². The first kappa shape index (κ1) is 17.5. The van der Waals surface area contributed by atoms with Gasteiger partial charge in [0.2, 0.25) is 0 Å². The summed E-state index contributed by atoms with van der Waals surface area (Å²) in [5.41, 5.74) is 5.84. The van der Waals surface area contributed by atoms with Crippen LogP contribution in [-0.4, -0.2) is 24.5 Å². The molecule has 2 N–H and O–H groups in total. The number of nitrogens with two attached hydrogens (primary N) is 1. The normalized spacial score (nSPS) is 25.3. The van der Waals surface area contributed by atoms with Gasteiger partial charge in [-0.15, -0.1) is 11.3 Å². The van der Waals surface area contributed by atoms with Crippen LogP contribution in [0.1, 0.15) is 17.7 Å². The average Bonchev–Trinajstić information content (AvgIpc) is 3.06. The van der Waals surface area contributed by atoms with E-state index in [1.165, 1.54) is 11.3 Å². The van der Waals surface area contributed by atoms with Crippen molar-refractivity contribution in [2.75, 3.05) is 19.6 Å². The van der Waals surface area contributed by atoms with Gasteiger partial charge in [0, 0.05) is 29.8 Å². The first-order valence-corrected chi connectivity index (χ1v) is 9.12.